The molecule has 0 saturated heterocycles. The minimum absolute atomic E-state index is 0.0991. The van der Waals surface area contributed by atoms with Gasteiger partial charge >= 0.3 is 0 Å². The van der Waals surface area contributed by atoms with E-state index < -0.39 is 10.0 Å². The smallest absolute Gasteiger partial charge is 0.276 e. The summed E-state index contributed by atoms with van der Waals surface area (Å²) in [6.45, 7) is 1.82. The van der Waals surface area contributed by atoms with E-state index in [0.717, 1.165) is 18.4 Å². The lowest BCUT2D eigenvalue weighted by Crippen LogP contribution is -2.22. The first-order valence-corrected chi connectivity index (χ1v) is 7.51. The standard InChI is InChI=1S/C13H16N2O3S/c1-10-6-5-9-12(13(10)16)14-15-19(17,18)11-7-3-2-4-8-11/h2-4,7-8,15-16H,5-6,9H2,1H3/b14-12+. The van der Waals surface area contributed by atoms with Crippen molar-refractivity contribution in [3.05, 3.63) is 41.7 Å². The molecule has 2 rings (SSSR count). The second-order valence-electron chi connectivity index (χ2n) is 4.45. The van der Waals surface area contributed by atoms with Gasteiger partial charge in [-0.05, 0) is 43.9 Å². The molecule has 0 atom stereocenters. The zero-order valence-electron chi connectivity index (χ0n) is 10.6. The number of rotatable bonds is 3. The van der Waals surface area contributed by atoms with Gasteiger partial charge in [0, 0.05) is 0 Å². The number of aliphatic hydroxyl groups is 1. The van der Waals surface area contributed by atoms with Crippen molar-refractivity contribution in [1.82, 2.24) is 4.83 Å². The Morgan fingerprint density at radius 1 is 1.21 bits per heavy atom. The molecule has 0 spiro atoms. The average Bonchev–Trinajstić information content (AvgIpc) is 2.41. The average molecular weight is 280 g/mol. The maximum absolute atomic E-state index is 11.9. The predicted octanol–water partition coefficient (Wildman–Crippen LogP) is 2.34. The van der Waals surface area contributed by atoms with Crippen molar-refractivity contribution >= 4 is 15.7 Å². The van der Waals surface area contributed by atoms with E-state index in [1.165, 1.54) is 12.1 Å². The number of allylic oxidation sites excluding steroid dienone is 2. The molecule has 0 aromatic heterocycles. The summed E-state index contributed by atoms with van der Waals surface area (Å²) in [5, 5.41) is 13.7. The number of aliphatic hydroxyl groups excluding tert-OH is 1. The molecular weight excluding hydrogens is 264 g/mol. The molecule has 19 heavy (non-hydrogen) atoms. The molecule has 5 nitrogen and oxygen atoms in total. The first kappa shape index (κ1) is 13.6. The summed E-state index contributed by atoms with van der Waals surface area (Å²) in [5.74, 6) is 0.0991. The third kappa shape index (κ3) is 3.14. The van der Waals surface area contributed by atoms with Gasteiger partial charge in [0.2, 0.25) is 0 Å². The largest absolute Gasteiger partial charge is 0.506 e. The Morgan fingerprint density at radius 2 is 1.89 bits per heavy atom. The first-order valence-electron chi connectivity index (χ1n) is 6.03. The van der Waals surface area contributed by atoms with Crippen LogP contribution in [-0.4, -0.2) is 19.2 Å². The fourth-order valence-corrected chi connectivity index (χ4v) is 2.73. The van der Waals surface area contributed by atoms with Crippen LogP contribution in [0, 0.1) is 0 Å². The molecule has 0 fully saturated rings. The first-order chi connectivity index (χ1) is 9.00. The summed E-state index contributed by atoms with van der Waals surface area (Å²) in [6, 6.07) is 8.01. The van der Waals surface area contributed by atoms with Crippen LogP contribution in [0.1, 0.15) is 26.2 Å². The fourth-order valence-electron chi connectivity index (χ4n) is 1.88. The van der Waals surface area contributed by atoms with Crippen LogP contribution >= 0.6 is 0 Å². The van der Waals surface area contributed by atoms with Crippen molar-refractivity contribution in [3.8, 4) is 0 Å². The van der Waals surface area contributed by atoms with E-state index in [0.29, 0.717) is 12.1 Å². The second-order valence-corrected chi connectivity index (χ2v) is 6.11. The Labute approximate surface area is 112 Å². The molecule has 0 saturated carbocycles. The Balaban J connectivity index is 2.21. The van der Waals surface area contributed by atoms with Crippen molar-refractivity contribution in [2.24, 2.45) is 5.10 Å². The lowest BCUT2D eigenvalue weighted by Gasteiger charge is -2.15. The highest BCUT2D eigenvalue weighted by atomic mass is 32.2. The molecule has 0 aliphatic heterocycles. The van der Waals surface area contributed by atoms with E-state index in [-0.39, 0.29) is 10.7 Å². The molecule has 6 heteroatoms. The van der Waals surface area contributed by atoms with Gasteiger partial charge < -0.3 is 5.11 Å². The fraction of sp³-hybridized carbons (Fsp3) is 0.308. The summed E-state index contributed by atoms with van der Waals surface area (Å²) < 4.78 is 23.9. The van der Waals surface area contributed by atoms with Crippen molar-refractivity contribution < 1.29 is 13.5 Å². The van der Waals surface area contributed by atoms with E-state index in [4.69, 9.17) is 0 Å². The van der Waals surface area contributed by atoms with Crippen LogP contribution in [0.2, 0.25) is 0 Å². The van der Waals surface area contributed by atoms with Crippen LogP contribution in [0.3, 0.4) is 0 Å². The number of sulfonamides is 1. The van der Waals surface area contributed by atoms with E-state index in [1.54, 1.807) is 18.2 Å². The monoisotopic (exact) mass is 280 g/mol. The highest BCUT2D eigenvalue weighted by molar-refractivity contribution is 7.89. The van der Waals surface area contributed by atoms with Gasteiger partial charge in [-0.2, -0.15) is 18.4 Å². The van der Waals surface area contributed by atoms with Gasteiger partial charge in [-0.15, -0.1) is 0 Å². The maximum atomic E-state index is 11.9. The van der Waals surface area contributed by atoms with Crippen LogP contribution in [-0.2, 0) is 10.0 Å². The number of hydrogen-bond donors (Lipinski definition) is 2. The van der Waals surface area contributed by atoms with E-state index in [1.807, 2.05) is 6.92 Å². The highest BCUT2D eigenvalue weighted by Gasteiger charge is 2.17. The van der Waals surface area contributed by atoms with Gasteiger partial charge in [0.1, 0.15) is 11.5 Å². The molecular formula is C13H16N2O3S. The van der Waals surface area contributed by atoms with Crippen molar-refractivity contribution in [3.63, 3.8) is 0 Å². The van der Waals surface area contributed by atoms with Crippen molar-refractivity contribution in [2.75, 3.05) is 0 Å². The van der Waals surface area contributed by atoms with Gasteiger partial charge in [0.15, 0.2) is 0 Å². The molecule has 0 heterocycles. The number of nitrogens with zero attached hydrogens (tertiary/aromatic N) is 1. The molecule has 0 bridgehead atoms. The van der Waals surface area contributed by atoms with Crippen LogP contribution in [0.5, 0.6) is 0 Å². The molecule has 2 N–H and O–H groups in total. The second kappa shape index (κ2) is 5.44. The molecule has 1 aromatic carbocycles. The molecule has 0 amide bonds. The third-order valence-electron chi connectivity index (χ3n) is 3.00. The highest BCUT2D eigenvalue weighted by Crippen LogP contribution is 2.20. The Bertz CT molecular complexity index is 619. The van der Waals surface area contributed by atoms with Crippen LogP contribution in [0.15, 0.2) is 51.7 Å². The maximum Gasteiger partial charge on any atom is 0.276 e. The van der Waals surface area contributed by atoms with E-state index in [9.17, 15) is 13.5 Å². The van der Waals surface area contributed by atoms with Crippen molar-refractivity contribution in [1.29, 1.82) is 0 Å². The number of benzene rings is 1. The third-order valence-corrected chi connectivity index (χ3v) is 4.22. The summed E-state index contributed by atoms with van der Waals surface area (Å²) in [5.41, 5.74) is 1.23. The Kier molecular flexibility index (Phi) is 3.90. The number of hydrogen-bond acceptors (Lipinski definition) is 4. The van der Waals surface area contributed by atoms with Crippen molar-refractivity contribution in [2.45, 2.75) is 31.1 Å². The molecule has 0 unspecified atom stereocenters. The van der Waals surface area contributed by atoms with Crippen LogP contribution in [0.4, 0.5) is 0 Å². The topological polar surface area (TPSA) is 78.8 Å². The minimum Gasteiger partial charge on any atom is -0.506 e. The predicted molar refractivity (Wildman–Crippen MR) is 73.4 cm³/mol. The number of hydrazone groups is 1. The van der Waals surface area contributed by atoms with Gasteiger partial charge in [-0.25, -0.2) is 0 Å². The molecule has 1 aliphatic rings. The van der Waals surface area contributed by atoms with Gasteiger partial charge in [0.05, 0.1) is 4.90 Å². The zero-order valence-corrected chi connectivity index (χ0v) is 11.4. The Hall–Kier alpha value is -1.82. The quantitative estimate of drug-likeness (QED) is 0.834. The van der Waals surface area contributed by atoms with Crippen LogP contribution < -0.4 is 4.83 Å². The molecule has 102 valence electrons. The summed E-state index contributed by atoms with van der Waals surface area (Å²) in [7, 11) is -3.67. The zero-order chi connectivity index (χ0) is 13.9. The van der Waals surface area contributed by atoms with E-state index in [2.05, 4.69) is 9.93 Å². The lowest BCUT2D eigenvalue weighted by atomic mass is 9.97. The van der Waals surface area contributed by atoms with Gasteiger partial charge in [-0.1, -0.05) is 18.2 Å². The van der Waals surface area contributed by atoms with Gasteiger partial charge in [-0.3, -0.25) is 0 Å². The Morgan fingerprint density at radius 3 is 2.58 bits per heavy atom. The van der Waals surface area contributed by atoms with Gasteiger partial charge in [0.25, 0.3) is 10.0 Å². The normalized spacial score (nSPS) is 18.7. The summed E-state index contributed by atoms with van der Waals surface area (Å²) >= 11 is 0. The molecule has 0 radical (unpaired) electrons. The van der Waals surface area contributed by atoms with Crippen LogP contribution in [0.25, 0.3) is 0 Å². The van der Waals surface area contributed by atoms with E-state index >= 15 is 0 Å². The molecule has 1 aliphatic carbocycles. The summed E-state index contributed by atoms with van der Waals surface area (Å²) in [4.78, 5) is 2.31. The summed E-state index contributed by atoms with van der Waals surface area (Å²) in [6.07, 6.45) is 2.25. The number of nitrogens with one attached hydrogen (secondary N) is 1. The SMILES string of the molecule is CC1=C(O)/C(=N/NS(=O)(=O)c2ccccc2)CCC1. The minimum atomic E-state index is -3.67. The molecule has 1 aromatic rings. The lowest BCUT2D eigenvalue weighted by molar-refractivity contribution is 0.424.